The van der Waals surface area contributed by atoms with Gasteiger partial charge in [0.15, 0.2) is 0 Å². The fraction of sp³-hybridized carbons (Fsp3) is 0.750. The van der Waals surface area contributed by atoms with Crippen LogP contribution in [0, 0.1) is 48.2 Å². The zero-order valence-electron chi connectivity index (χ0n) is 61.5. The summed E-state index contributed by atoms with van der Waals surface area (Å²) in [4.78, 5) is 4.81. The van der Waals surface area contributed by atoms with Gasteiger partial charge in [-0.15, -0.1) is 0 Å². The molecule has 542 valence electrons. The van der Waals surface area contributed by atoms with Crippen LogP contribution < -0.4 is 9.80 Å². The monoisotopic (exact) mass is 1610 g/mol. The average Bonchev–Trinajstić information content (AvgIpc) is 1.79. The topological polar surface area (TPSA) is 6.48 Å². The fourth-order valence-electron chi connectivity index (χ4n) is 20.6. The third-order valence-electron chi connectivity index (χ3n) is 24.5. The Hall–Kier alpha value is 0.697. The first kappa shape index (κ1) is 81.4. The summed E-state index contributed by atoms with van der Waals surface area (Å²) >= 11 is -2.98. The summed E-state index contributed by atoms with van der Waals surface area (Å²) in [6.07, 6.45) is 71.4. The molecule has 1 aliphatic heterocycles. The molecule has 0 N–H and O–H groups in total. The maximum absolute atomic E-state index is 5.67. The number of halogens is 4. The van der Waals surface area contributed by atoms with Crippen molar-refractivity contribution >= 4 is 83.1 Å². The van der Waals surface area contributed by atoms with Crippen LogP contribution in [0.1, 0.15) is 335 Å². The van der Waals surface area contributed by atoms with Crippen molar-refractivity contribution in [3.8, 4) is 0 Å². The van der Waals surface area contributed by atoms with Crippen LogP contribution in [0.25, 0.3) is 0 Å². The Kier molecular flexibility index (Phi) is 39.2. The number of hydrogen-bond donors (Lipinski definition) is 0. The van der Waals surface area contributed by atoms with Crippen LogP contribution in [0.2, 0.25) is 0 Å². The number of aryl methyl sites for hydroxylation is 6. The van der Waals surface area contributed by atoms with Gasteiger partial charge in [-0.2, -0.15) is 6.67 Å². The summed E-state index contributed by atoms with van der Waals surface area (Å²) in [5.74, 6) is 0. The molecule has 11 heteroatoms. The molecule has 3 aromatic carbocycles. The molecule has 1 heterocycles. The molecule has 10 aliphatic rings. The van der Waals surface area contributed by atoms with E-state index in [1.165, 1.54) is 95.7 Å². The van der Waals surface area contributed by atoms with Crippen molar-refractivity contribution in [2.24, 2.45) is 0 Å². The summed E-state index contributed by atoms with van der Waals surface area (Å²) < 4.78 is 3.77. The first-order chi connectivity index (χ1) is 46.3. The molecule has 13 rings (SSSR count). The van der Waals surface area contributed by atoms with Crippen molar-refractivity contribution in [2.45, 2.75) is 388 Å². The standard InChI is InChI=1S/C21H27N2.3C18H33P.C7H6.C2H4.4ClH.2Ru/c1-14-9-16(3)20(17(4)10-14)22-7-8-23(13-22)21-18(5)11-15(2)12-19(21)6;3*1-4-10-16(11-5-1)19(17-12-6-2-7-13-17)18-14-8-3-9-15-18;1-7-5-3-2-4-6-7;1-2;;;;;;/h9-13H,7-8H2,1-6H3;3*16-18H,1-15H2;1-6H;1H,2H3;4*1H;;/q-1;;;;;;;;;;2*+2/p-1. The minimum absolute atomic E-state index is 0.0465. The van der Waals surface area contributed by atoms with Crippen molar-refractivity contribution in [1.82, 2.24) is 0 Å². The van der Waals surface area contributed by atoms with Crippen molar-refractivity contribution in [1.29, 1.82) is 0 Å². The van der Waals surface area contributed by atoms with Gasteiger partial charge in [0.25, 0.3) is 0 Å². The maximum atomic E-state index is 5.67. The van der Waals surface area contributed by atoms with E-state index < -0.39 is 27.0 Å². The van der Waals surface area contributed by atoms with E-state index >= 15 is 0 Å². The summed E-state index contributed by atoms with van der Waals surface area (Å²) in [6, 6.07) is 19.0. The SMILES string of the molecule is C1CCC([PH+](C2CCCCC2)C2CCCCC2)CC1.C1CCC([PH+](C2CCCCC2)C2CCCCC2)CC1.C1CCC([PH+](C2CCCCC2)C2CCCCC2)CC1.C[CH]=[Ru]([Cl])[Cl].Cc1cc(C)c(N2[CH-]N(c3c(C)cc(C)cc3C)CC2)c(C)c1.[Cl][Ru]([Cl])=[CH]c1ccccc1. The van der Waals surface area contributed by atoms with Gasteiger partial charge in [-0.05, 0) is 295 Å². The molecule has 9 saturated carbocycles. The van der Waals surface area contributed by atoms with Crippen molar-refractivity contribution in [2.75, 3.05) is 22.9 Å². The number of nitrogens with zero attached hydrogens (tertiary/aromatic N) is 2. The molecule has 1 saturated heterocycles. The Labute approximate surface area is 616 Å². The van der Waals surface area contributed by atoms with Crippen molar-refractivity contribution < 1.29 is 27.0 Å². The van der Waals surface area contributed by atoms with Gasteiger partial charge in [-0.25, -0.2) is 0 Å². The zero-order chi connectivity index (χ0) is 67.2. The van der Waals surface area contributed by atoms with Crippen molar-refractivity contribution in [3.63, 3.8) is 0 Å². The van der Waals surface area contributed by atoms with Crippen LogP contribution in [-0.2, 0) is 27.0 Å². The predicted molar refractivity (Wildman–Crippen MR) is 434 cm³/mol. The van der Waals surface area contributed by atoms with Gasteiger partial charge in [-0.3, -0.25) is 0 Å². The molecule has 0 unspecified atom stereocenters. The van der Waals surface area contributed by atoms with Gasteiger partial charge < -0.3 is 9.80 Å². The van der Waals surface area contributed by atoms with E-state index in [-0.39, 0.29) is 23.8 Å². The second kappa shape index (κ2) is 45.8. The molecule has 2 nitrogen and oxygen atoms in total. The van der Waals surface area contributed by atoms with Crippen LogP contribution in [0.5, 0.6) is 0 Å². The molecular weight excluding hydrogens is 1470 g/mol. The molecule has 0 bridgehead atoms. The van der Waals surface area contributed by atoms with Crippen molar-refractivity contribution in [3.05, 3.63) is 100 Å². The third kappa shape index (κ3) is 27.6. The van der Waals surface area contributed by atoms with Crippen LogP contribution in [-0.4, -0.2) is 73.2 Å². The Bertz CT molecular complexity index is 2260. The number of anilines is 2. The van der Waals surface area contributed by atoms with Crippen LogP contribution in [0.15, 0.2) is 54.6 Å². The van der Waals surface area contributed by atoms with E-state index in [1.54, 1.807) is 289 Å². The van der Waals surface area contributed by atoms with Crippen LogP contribution in [0.4, 0.5) is 11.4 Å². The summed E-state index contributed by atoms with van der Waals surface area (Å²) in [5, 5.41) is 0. The molecule has 9 aliphatic carbocycles. The number of benzene rings is 3. The summed E-state index contributed by atoms with van der Waals surface area (Å²) in [5.41, 5.74) is 23.0. The van der Waals surface area contributed by atoms with Gasteiger partial charge in [0, 0.05) is 48.2 Å². The number of rotatable bonds is 12. The molecule has 95 heavy (non-hydrogen) atoms. The molecule has 0 spiro atoms. The molecule has 0 aromatic heterocycles. The first-order valence-corrected chi connectivity index (χ1v) is 56.2. The van der Waals surface area contributed by atoms with E-state index in [4.69, 9.17) is 38.8 Å². The first-order valence-electron chi connectivity index (χ1n) is 40.1. The Morgan fingerprint density at radius 1 is 0.326 bits per heavy atom. The molecular formula is C84H139Cl4N2P3Ru2+2. The average molecular weight is 1610 g/mol. The molecule has 0 amide bonds. The Balaban J connectivity index is 0.000000152. The van der Waals surface area contributed by atoms with E-state index in [1.807, 2.05) is 46.5 Å². The predicted octanol–water partition coefficient (Wildman–Crippen LogP) is 28.1. The van der Waals surface area contributed by atoms with Gasteiger partial charge in [-0.1, -0.05) is 93.2 Å². The van der Waals surface area contributed by atoms with Gasteiger partial charge in [0.2, 0.25) is 0 Å². The minimum atomic E-state index is -1.61. The van der Waals surface area contributed by atoms with Crippen LogP contribution >= 0.6 is 62.5 Å². The van der Waals surface area contributed by atoms with Gasteiger partial charge in [0.05, 0.1) is 50.9 Å². The second-order valence-electron chi connectivity index (χ2n) is 31.6. The molecule has 0 radical (unpaired) electrons. The van der Waals surface area contributed by atoms with Gasteiger partial charge in [0.1, 0.15) is 0 Å². The van der Waals surface area contributed by atoms with E-state index in [0.717, 1.165) is 18.7 Å². The van der Waals surface area contributed by atoms with E-state index in [0.29, 0.717) is 0 Å². The normalized spacial score (nSPS) is 22.6. The van der Waals surface area contributed by atoms with Crippen LogP contribution in [0.3, 0.4) is 0 Å². The summed E-state index contributed by atoms with van der Waals surface area (Å²) in [6.45, 7) is 19.4. The molecule has 0 atom stereocenters. The van der Waals surface area contributed by atoms with E-state index in [9.17, 15) is 0 Å². The molecule has 10 fully saturated rings. The molecule has 3 aromatic rings. The number of hydrogen-bond acceptors (Lipinski definition) is 2. The zero-order valence-corrected chi connectivity index (χ0v) is 71.0. The van der Waals surface area contributed by atoms with E-state index in [2.05, 4.69) is 82.3 Å². The third-order valence-corrected chi connectivity index (χ3v) is 42.7. The second-order valence-corrected chi connectivity index (χ2v) is 53.9. The fourth-order valence-corrected chi connectivity index (χ4v) is 38.1. The quantitative estimate of drug-likeness (QED) is 0.101. The summed E-state index contributed by atoms with van der Waals surface area (Å²) in [7, 11) is 21.8. The van der Waals surface area contributed by atoms with Gasteiger partial charge >= 0.3 is 118 Å². The Morgan fingerprint density at radius 2 is 0.526 bits per heavy atom. The Morgan fingerprint density at radius 3 is 0.705 bits per heavy atom.